The first-order valence-electron chi connectivity index (χ1n) is 12.1. The molecule has 0 saturated carbocycles. The molecule has 0 unspecified atom stereocenters. The molecule has 36 heavy (non-hydrogen) atoms. The van der Waals surface area contributed by atoms with Gasteiger partial charge in [-0.25, -0.2) is 4.79 Å². The minimum Gasteiger partial charge on any atom is -0.494 e. The zero-order chi connectivity index (χ0) is 25.4. The number of hydrogen-bond acceptors (Lipinski definition) is 5. The standard InChI is InChI=1S/C28H29N3O5/c1-4-35-23-13-19-12-17(2)36-24(19)14-20(23)15-29-25(32)16-31-26(33)28(3,30-27(31)34)22-11-7-9-18-8-5-6-10-21(18)22/h5-11,13-14,17H,4,12,15-16H2,1-3H3,(H,29,32)(H,30,34)/t17-,28+/m1/s1. The molecule has 3 aromatic carbocycles. The van der Waals surface area contributed by atoms with E-state index in [1.165, 1.54) is 0 Å². The van der Waals surface area contributed by atoms with Crippen molar-refractivity contribution in [3.8, 4) is 11.5 Å². The minimum absolute atomic E-state index is 0.0926. The SMILES string of the molecule is CCOc1cc2c(cc1CNC(=O)CN1C(=O)N[C@@](C)(c3cccc4ccccc34)C1=O)O[C@H](C)C2. The van der Waals surface area contributed by atoms with E-state index in [-0.39, 0.29) is 19.2 Å². The fraction of sp³-hybridized carbons (Fsp3) is 0.321. The third kappa shape index (κ3) is 4.12. The quantitative estimate of drug-likeness (QED) is 0.496. The van der Waals surface area contributed by atoms with Crippen LogP contribution in [-0.2, 0) is 28.1 Å². The molecule has 3 aromatic rings. The summed E-state index contributed by atoms with van der Waals surface area (Å²) in [5.74, 6) is 0.565. The predicted molar refractivity (Wildman–Crippen MR) is 135 cm³/mol. The Morgan fingerprint density at radius 2 is 1.97 bits per heavy atom. The number of fused-ring (bicyclic) bond motifs is 2. The summed E-state index contributed by atoms with van der Waals surface area (Å²) < 4.78 is 11.6. The molecule has 2 N–H and O–H groups in total. The molecule has 0 aromatic heterocycles. The molecule has 4 amide bonds. The van der Waals surface area contributed by atoms with Crippen molar-refractivity contribution in [1.82, 2.24) is 15.5 Å². The van der Waals surface area contributed by atoms with Crippen molar-refractivity contribution in [3.63, 3.8) is 0 Å². The molecule has 0 spiro atoms. The Kier molecular flexibility index (Phi) is 6.04. The zero-order valence-electron chi connectivity index (χ0n) is 20.6. The van der Waals surface area contributed by atoms with Crippen LogP contribution in [0.5, 0.6) is 11.5 Å². The first kappa shape index (κ1) is 23.7. The van der Waals surface area contributed by atoms with Crippen molar-refractivity contribution < 1.29 is 23.9 Å². The summed E-state index contributed by atoms with van der Waals surface area (Å²) in [6.07, 6.45) is 0.902. The number of nitrogens with one attached hydrogen (secondary N) is 2. The molecule has 5 rings (SSSR count). The van der Waals surface area contributed by atoms with E-state index in [1.807, 2.05) is 68.4 Å². The molecule has 0 bridgehead atoms. The molecular weight excluding hydrogens is 458 g/mol. The van der Waals surface area contributed by atoms with Crippen LogP contribution in [0.2, 0.25) is 0 Å². The highest BCUT2D eigenvalue weighted by Gasteiger charge is 2.50. The van der Waals surface area contributed by atoms with Crippen LogP contribution in [0.4, 0.5) is 4.79 Å². The van der Waals surface area contributed by atoms with Gasteiger partial charge in [0.05, 0.1) is 6.61 Å². The van der Waals surface area contributed by atoms with Gasteiger partial charge in [0.25, 0.3) is 5.91 Å². The van der Waals surface area contributed by atoms with Crippen LogP contribution in [0, 0.1) is 0 Å². The van der Waals surface area contributed by atoms with Gasteiger partial charge in [0.2, 0.25) is 5.91 Å². The van der Waals surface area contributed by atoms with E-state index in [2.05, 4.69) is 10.6 Å². The Labute approximate surface area is 209 Å². The summed E-state index contributed by atoms with van der Waals surface area (Å²) in [5.41, 5.74) is 1.27. The number of benzene rings is 3. The zero-order valence-corrected chi connectivity index (χ0v) is 20.6. The number of carbonyl (C=O) groups is 3. The first-order valence-corrected chi connectivity index (χ1v) is 12.1. The highest BCUT2D eigenvalue weighted by Crippen LogP contribution is 2.36. The van der Waals surface area contributed by atoms with Crippen molar-refractivity contribution >= 4 is 28.6 Å². The average molecular weight is 488 g/mol. The van der Waals surface area contributed by atoms with Gasteiger partial charge < -0.3 is 20.1 Å². The van der Waals surface area contributed by atoms with Gasteiger partial charge in [-0.2, -0.15) is 0 Å². The second-order valence-corrected chi connectivity index (χ2v) is 9.38. The molecule has 2 aliphatic rings. The van der Waals surface area contributed by atoms with E-state index in [0.29, 0.717) is 17.9 Å². The van der Waals surface area contributed by atoms with E-state index in [1.54, 1.807) is 6.92 Å². The minimum atomic E-state index is -1.27. The summed E-state index contributed by atoms with van der Waals surface area (Å²) in [6, 6.07) is 16.6. The summed E-state index contributed by atoms with van der Waals surface area (Å²) in [5, 5.41) is 7.45. The van der Waals surface area contributed by atoms with Gasteiger partial charge in [-0.3, -0.25) is 14.5 Å². The van der Waals surface area contributed by atoms with Crippen molar-refractivity contribution in [2.75, 3.05) is 13.2 Å². The number of urea groups is 1. The van der Waals surface area contributed by atoms with E-state index in [0.717, 1.165) is 39.0 Å². The molecule has 2 heterocycles. The van der Waals surface area contributed by atoms with E-state index >= 15 is 0 Å². The number of hydrogen-bond donors (Lipinski definition) is 2. The molecule has 8 nitrogen and oxygen atoms in total. The molecule has 186 valence electrons. The fourth-order valence-corrected chi connectivity index (χ4v) is 4.99. The van der Waals surface area contributed by atoms with Gasteiger partial charge in [-0.05, 0) is 49.2 Å². The van der Waals surface area contributed by atoms with Gasteiger partial charge in [0, 0.05) is 24.1 Å². The lowest BCUT2D eigenvalue weighted by Gasteiger charge is -2.24. The topological polar surface area (TPSA) is 97.0 Å². The number of carbonyl (C=O) groups excluding carboxylic acids is 3. The van der Waals surface area contributed by atoms with Crippen molar-refractivity contribution in [1.29, 1.82) is 0 Å². The smallest absolute Gasteiger partial charge is 0.325 e. The van der Waals surface area contributed by atoms with Crippen LogP contribution in [0.25, 0.3) is 10.8 Å². The normalized spacial score (nSPS) is 20.8. The van der Waals surface area contributed by atoms with Crippen LogP contribution < -0.4 is 20.1 Å². The van der Waals surface area contributed by atoms with Crippen LogP contribution in [-0.4, -0.2) is 42.0 Å². The van der Waals surface area contributed by atoms with Gasteiger partial charge >= 0.3 is 6.03 Å². The van der Waals surface area contributed by atoms with Crippen molar-refractivity contribution in [2.45, 2.75) is 45.4 Å². The Bertz CT molecular complexity index is 1370. The highest BCUT2D eigenvalue weighted by atomic mass is 16.5. The maximum atomic E-state index is 13.4. The van der Waals surface area contributed by atoms with Crippen LogP contribution in [0.1, 0.15) is 37.5 Å². The Morgan fingerprint density at radius 1 is 1.19 bits per heavy atom. The van der Waals surface area contributed by atoms with Crippen LogP contribution >= 0.6 is 0 Å². The van der Waals surface area contributed by atoms with Gasteiger partial charge in [-0.15, -0.1) is 0 Å². The highest BCUT2D eigenvalue weighted by molar-refractivity contribution is 6.10. The number of ether oxygens (including phenoxy) is 2. The second-order valence-electron chi connectivity index (χ2n) is 9.38. The maximum absolute atomic E-state index is 13.4. The molecule has 2 atom stereocenters. The predicted octanol–water partition coefficient (Wildman–Crippen LogP) is 3.65. The third-order valence-electron chi connectivity index (χ3n) is 6.76. The summed E-state index contributed by atoms with van der Waals surface area (Å²) in [6.45, 7) is 5.88. The second kappa shape index (κ2) is 9.18. The van der Waals surface area contributed by atoms with E-state index in [4.69, 9.17) is 9.47 Å². The number of amides is 4. The number of rotatable bonds is 7. The molecular formula is C28H29N3O5. The Balaban J connectivity index is 1.31. The molecule has 8 heteroatoms. The Morgan fingerprint density at radius 3 is 2.78 bits per heavy atom. The lowest BCUT2D eigenvalue weighted by atomic mass is 9.88. The van der Waals surface area contributed by atoms with Crippen molar-refractivity contribution in [3.05, 3.63) is 71.3 Å². The maximum Gasteiger partial charge on any atom is 0.325 e. The summed E-state index contributed by atoms with van der Waals surface area (Å²) >= 11 is 0. The molecule has 2 aliphatic heterocycles. The molecule has 0 aliphatic carbocycles. The first-order chi connectivity index (χ1) is 17.3. The third-order valence-corrected chi connectivity index (χ3v) is 6.76. The number of nitrogens with zero attached hydrogens (tertiary/aromatic N) is 1. The van der Waals surface area contributed by atoms with Gasteiger partial charge in [0.1, 0.15) is 29.7 Å². The monoisotopic (exact) mass is 487 g/mol. The van der Waals surface area contributed by atoms with E-state index in [9.17, 15) is 14.4 Å². The molecule has 0 radical (unpaired) electrons. The summed E-state index contributed by atoms with van der Waals surface area (Å²) in [4.78, 5) is 40.0. The fourth-order valence-electron chi connectivity index (χ4n) is 4.99. The average Bonchev–Trinajstić information content (AvgIpc) is 3.33. The van der Waals surface area contributed by atoms with Crippen molar-refractivity contribution in [2.24, 2.45) is 0 Å². The van der Waals surface area contributed by atoms with Gasteiger partial charge in [-0.1, -0.05) is 42.5 Å². The van der Waals surface area contributed by atoms with Gasteiger partial charge in [0.15, 0.2) is 0 Å². The largest absolute Gasteiger partial charge is 0.494 e. The molecule has 1 fully saturated rings. The number of imide groups is 1. The molecule has 1 saturated heterocycles. The van der Waals surface area contributed by atoms with E-state index < -0.39 is 23.4 Å². The summed E-state index contributed by atoms with van der Waals surface area (Å²) in [7, 11) is 0. The Hall–Kier alpha value is -4.07. The van der Waals surface area contributed by atoms with Crippen LogP contribution in [0.15, 0.2) is 54.6 Å². The lowest BCUT2D eigenvalue weighted by molar-refractivity contribution is -0.134. The lowest BCUT2D eigenvalue weighted by Crippen LogP contribution is -2.43. The van der Waals surface area contributed by atoms with Crippen LogP contribution in [0.3, 0.4) is 0 Å².